The Morgan fingerprint density at radius 2 is 1.72 bits per heavy atom. The Hall–Kier alpha value is -3.62. The average molecular weight is 396 g/mol. The maximum atomic E-state index is 12.1. The second-order valence-electron chi connectivity index (χ2n) is 6.75. The molecule has 0 aliphatic carbocycles. The van der Waals surface area contributed by atoms with Gasteiger partial charge in [0.1, 0.15) is 5.82 Å². The van der Waals surface area contributed by atoms with E-state index >= 15 is 0 Å². The zero-order chi connectivity index (χ0) is 20.6. The summed E-state index contributed by atoms with van der Waals surface area (Å²) in [4.78, 5) is 41.2. The van der Waals surface area contributed by atoms with Crippen molar-refractivity contribution >= 4 is 29.4 Å². The first-order valence-corrected chi connectivity index (χ1v) is 9.42. The number of aromatic nitrogens is 1. The van der Waals surface area contributed by atoms with Gasteiger partial charge in [-0.05, 0) is 42.7 Å². The number of primary amides is 1. The molecule has 1 aliphatic heterocycles. The number of anilines is 2. The lowest BCUT2D eigenvalue weighted by atomic mass is 10.1. The molecule has 0 radical (unpaired) electrons. The van der Waals surface area contributed by atoms with E-state index in [0.717, 1.165) is 24.5 Å². The number of urea groups is 1. The van der Waals surface area contributed by atoms with E-state index in [2.05, 4.69) is 25.8 Å². The Morgan fingerprint density at radius 3 is 2.34 bits per heavy atom. The lowest BCUT2D eigenvalue weighted by Gasteiger charge is -2.16. The quantitative estimate of drug-likeness (QED) is 0.559. The van der Waals surface area contributed by atoms with Crippen LogP contribution in [0.3, 0.4) is 0 Å². The van der Waals surface area contributed by atoms with E-state index in [1.165, 1.54) is 12.8 Å². The predicted molar refractivity (Wildman–Crippen MR) is 110 cm³/mol. The first-order chi connectivity index (χ1) is 14.0. The highest BCUT2D eigenvalue weighted by Crippen LogP contribution is 2.19. The maximum absolute atomic E-state index is 12.1. The molecule has 0 unspecified atom stereocenters. The fourth-order valence-corrected chi connectivity index (χ4v) is 2.99. The van der Waals surface area contributed by atoms with Crippen molar-refractivity contribution in [2.75, 3.05) is 29.9 Å². The van der Waals surface area contributed by atoms with Crippen LogP contribution in [0.1, 0.15) is 28.8 Å². The van der Waals surface area contributed by atoms with E-state index in [1.807, 2.05) is 12.1 Å². The molecule has 0 saturated carbocycles. The molecule has 0 spiro atoms. The minimum Gasteiger partial charge on any atom is -0.368 e. The van der Waals surface area contributed by atoms with Crippen molar-refractivity contribution in [3.63, 3.8) is 0 Å². The minimum absolute atomic E-state index is 0.212. The van der Waals surface area contributed by atoms with Gasteiger partial charge in [-0.1, -0.05) is 12.1 Å². The van der Waals surface area contributed by atoms with Crippen molar-refractivity contribution in [2.45, 2.75) is 19.4 Å². The molecule has 4 amide bonds. The highest BCUT2D eigenvalue weighted by Gasteiger charge is 2.13. The lowest BCUT2D eigenvalue weighted by molar-refractivity contribution is -0.117. The standard InChI is InChI=1S/C20H24N6O3/c21-17(27)13-23-19(28)15-5-3-14(4-6-15)11-24-20(29)25-16-7-8-18(22-12-16)26-9-1-2-10-26/h3-8,12H,1-2,9-11,13H2,(H2,21,27)(H,23,28)(H2,24,25,29). The fraction of sp³-hybridized carbons (Fsp3) is 0.300. The van der Waals surface area contributed by atoms with Gasteiger partial charge in [0, 0.05) is 25.2 Å². The number of rotatable bonds is 7. The number of amides is 4. The van der Waals surface area contributed by atoms with Gasteiger partial charge >= 0.3 is 6.03 Å². The summed E-state index contributed by atoms with van der Waals surface area (Å²) in [6, 6.07) is 10.1. The molecule has 152 valence electrons. The highest BCUT2D eigenvalue weighted by molar-refractivity contribution is 5.96. The molecular formula is C20H24N6O3. The summed E-state index contributed by atoms with van der Waals surface area (Å²) in [5.41, 5.74) is 6.85. The molecule has 1 aromatic carbocycles. The van der Waals surface area contributed by atoms with Gasteiger partial charge in [-0.2, -0.15) is 0 Å². The summed E-state index contributed by atoms with van der Waals surface area (Å²) in [5.74, 6) is -0.0644. The van der Waals surface area contributed by atoms with Crippen molar-refractivity contribution < 1.29 is 14.4 Å². The molecule has 2 heterocycles. The Morgan fingerprint density at radius 1 is 1.00 bits per heavy atom. The molecule has 1 fully saturated rings. The summed E-state index contributed by atoms with van der Waals surface area (Å²) in [6.45, 7) is 2.13. The number of hydrogen-bond donors (Lipinski definition) is 4. The van der Waals surface area contributed by atoms with Crippen LogP contribution in [0.4, 0.5) is 16.3 Å². The summed E-state index contributed by atoms with van der Waals surface area (Å²) in [5, 5.41) is 7.92. The number of carbonyl (C=O) groups is 3. The van der Waals surface area contributed by atoms with E-state index in [1.54, 1.807) is 30.5 Å². The number of nitrogens with zero attached hydrogens (tertiary/aromatic N) is 2. The number of nitrogens with two attached hydrogens (primary N) is 1. The molecule has 0 atom stereocenters. The third-order valence-corrected chi connectivity index (χ3v) is 4.53. The van der Waals surface area contributed by atoms with Crippen LogP contribution in [0.2, 0.25) is 0 Å². The Balaban J connectivity index is 1.45. The first-order valence-electron chi connectivity index (χ1n) is 9.42. The monoisotopic (exact) mass is 396 g/mol. The van der Waals surface area contributed by atoms with Crippen molar-refractivity contribution in [2.24, 2.45) is 5.73 Å². The molecule has 1 saturated heterocycles. The third-order valence-electron chi connectivity index (χ3n) is 4.53. The molecule has 0 bridgehead atoms. The molecule has 5 N–H and O–H groups in total. The van der Waals surface area contributed by atoms with Crippen LogP contribution >= 0.6 is 0 Å². The van der Waals surface area contributed by atoms with E-state index in [9.17, 15) is 14.4 Å². The topological polar surface area (TPSA) is 129 Å². The zero-order valence-electron chi connectivity index (χ0n) is 16.0. The molecule has 29 heavy (non-hydrogen) atoms. The summed E-state index contributed by atoms with van der Waals surface area (Å²) >= 11 is 0. The van der Waals surface area contributed by atoms with Gasteiger partial charge in [0.15, 0.2) is 0 Å². The lowest BCUT2D eigenvalue weighted by Crippen LogP contribution is -2.33. The SMILES string of the molecule is NC(=O)CNC(=O)c1ccc(CNC(=O)Nc2ccc(N3CCCC3)nc2)cc1. The average Bonchev–Trinajstić information content (AvgIpc) is 3.26. The number of nitrogens with one attached hydrogen (secondary N) is 3. The van der Waals surface area contributed by atoms with Crippen LogP contribution < -0.4 is 26.6 Å². The number of hydrogen-bond acceptors (Lipinski definition) is 5. The van der Waals surface area contributed by atoms with Crippen LogP contribution in [0.15, 0.2) is 42.6 Å². The summed E-state index contributed by atoms with van der Waals surface area (Å²) < 4.78 is 0. The van der Waals surface area contributed by atoms with Crippen LogP contribution in [-0.2, 0) is 11.3 Å². The van der Waals surface area contributed by atoms with Gasteiger partial charge in [0.05, 0.1) is 18.4 Å². The molecule has 9 heteroatoms. The van der Waals surface area contributed by atoms with E-state index in [4.69, 9.17) is 5.73 Å². The third kappa shape index (κ3) is 5.93. The molecule has 2 aromatic rings. The van der Waals surface area contributed by atoms with Gasteiger partial charge in [-0.25, -0.2) is 9.78 Å². The second-order valence-corrected chi connectivity index (χ2v) is 6.75. The Kier molecular flexibility index (Phi) is 6.62. The van der Waals surface area contributed by atoms with Crippen LogP contribution in [-0.4, -0.2) is 42.5 Å². The van der Waals surface area contributed by atoms with Gasteiger partial charge in [0.25, 0.3) is 5.91 Å². The van der Waals surface area contributed by atoms with Gasteiger partial charge in [-0.15, -0.1) is 0 Å². The highest BCUT2D eigenvalue weighted by atomic mass is 16.2. The normalized spacial score (nSPS) is 13.0. The first kappa shape index (κ1) is 20.1. The number of pyridine rings is 1. The molecule has 1 aromatic heterocycles. The zero-order valence-corrected chi connectivity index (χ0v) is 16.0. The van der Waals surface area contributed by atoms with Crippen molar-refractivity contribution in [1.82, 2.24) is 15.6 Å². The van der Waals surface area contributed by atoms with Crippen LogP contribution in [0.5, 0.6) is 0 Å². The maximum Gasteiger partial charge on any atom is 0.319 e. The molecule has 1 aliphatic rings. The van der Waals surface area contributed by atoms with Gasteiger partial charge in [-0.3, -0.25) is 9.59 Å². The van der Waals surface area contributed by atoms with Gasteiger partial charge < -0.3 is 26.6 Å². The van der Waals surface area contributed by atoms with Crippen LogP contribution in [0.25, 0.3) is 0 Å². The number of carbonyl (C=O) groups excluding carboxylic acids is 3. The van der Waals surface area contributed by atoms with Crippen molar-refractivity contribution in [3.8, 4) is 0 Å². The summed E-state index contributed by atoms with van der Waals surface area (Å²) in [6.07, 6.45) is 4.01. The van der Waals surface area contributed by atoms with Gasteiger partial charge in [0.2, 0.25) is 5.91 Å². The molecule has 3 rings (SSSR count). The molecule has 9 nitrogen and oxygen atoms in total. The van der Waals surface area contributed by atoms with Crippen LogP contribution in [0, 0.1) is 0 Å². The largest absolute Gasteiger partial charge is 0.368 e. The van der Waals surface area contributed by atoms with Crippen molar-refractivity contribution in [3.05, 3.63) is 53.7 Å². The van der Waals surface area contributed by atoms with E-state index in [-0.39, 0.29) is 18.5 Å². The smallest absolute Gasteiger partial charge is 0.319 e. The predicted octanol–water partition coefficient (Wildman–Crippen LogP) is 1.22. The fourth-order valence-electron chi connectivity index (χ4n) is 2.99. The Bertz CT molecular complexity index is 861. The Labute approximate surface area is 168 Å². The minimum atomic E-state index is -0.605. The van der Waals surface area contributed by atoms with E-state index in [0.29, 0.717) is 17.8 Å². The second kappa shape index (κ2) is 9.54. The van der Waals surface area contributed by atoms with E-state index < -0.39 is 5.91 Å². The summed E-state index contributed by atoms with van der Waals surface area (Å²) in [7, 11) is 0. The number of benzene rings is 1. The molecular weight excluding hydrogens is 372 g/mol. The van der Waals surface area contributed by atoms with Crippen molar-refractivity contribution in [1.29, 1.82) is 0 Å².